The highest BCUT2D eigenvalue weighted by molar-refractivity contribution is 5.78. The molecule has 0 aliphatic carbocycles. The molecule has 1 aromatic carbocycles. The first-order chi connectivity index (χ1) is 14.2. The van der Waals surface area contributed by atoms with Gasteiger partial charge < -0.3 is 14.5 Å². The number of hydrogen-bond donors (Lipinski definition) is 0. The number of likely N-dealkylation sites (tertiary alicyclic amines) is 1. The first kappa shape index (κ1) is 19.4. The van der Waals surface area contributed by atoms with Crippen LogP contribution in [0, 0.1) is 11.3 Å². The van der Waals surface area contributed by atoms with Crippen molar-refractivity contribution in [3.63, 3.8) is 0 Å². The summed E-state index contributed by atoms with van der Waals surface area (Å²) < 4.78 is 5.74. The Morgan fingerprint density at radius 1 is 1.21 bits per heavy atom. The summed E-state index contributed by atoms with van der Waals surface area (Å²) in [5.74, 6) is 1.23. The monoisotopic (exact) mass is 390 g/mol. The molecule has 2 aliphatic heterocycles. The summed E-state index contributed by atoms with van der Waals surface area (Å²) in [5.41, 5.74) is 1.79. The van der Waals surface area contributed by atoms with Gasteiger partial charge in [0.2, 0.25) is 5.91 Å². The number of benzene rings is 1. The van der Waals surface area contributed by atoms with Gasteiger partial charge in [0.05, 0.1) is 12.2 Å². The third-order valence-corrected chi connectivity index (χ3v) is 5.94. The SMILES string of the molecule is C[C@@H](COCC(=O)N1CC2CC[C@@H](C1)N2c1ccc(C#N)cn1)c1ccccc1. The fraction of sp³-hybridized carbons (Fsp3) is 0.435. The lowest BCUT2D eigenvalue weighted by Crippen LogP contribution is -2.56. The van der Waals surface area contributed by atoms with E-state index in [1.54, 1.807) is 12.3 Å². The molecule has 0 radical (unpaired) electrons. The number of ether oxygens (including phenoxy) is 1. The lowest BCUT2D eigenvalue weighted by atomic mass is 10.0. The van der Waals surface area contributed by atoms with Gasteiger partial charge in [-0.3, -0.25) is 4.79 Å². The number of anilines is 1. The van der Waals surface area contributed by atoms with Gasteiger partial charge in [0.1, 0.15) is 18.5 Å². The molecular weight excluding hydrogens is 364 g/mol. The van der Waals surface area contributed by atoms with Gasteiger partial charge in [-0.2, -0.15) is 5.26 Å². The zero-order valence-electron chi connectivity index (χ0n) is 16.7. The van der Waals surface area contributed by atoms with E-state index in [9.17, 15) is 4.79 Å². The molecule has 1 aromatic heterocycles. The number of fused-ring (bicyclic) bond motifs is 2. The number of aromatic nitrogens is 1. The number of nitrogens with zero attached hydrogens (tertiary/aromatic N) is 4. The van der Waals surface area contributed by atoms with Gasteiger partial charge in [0.25, 0.3) is 0 Å². The minimum Gasteiger partial charge on any atom is -0.371 e. The molecule has 1 unspecified atom stereocenters. The largest absolute Gasteiger partial charge is 0.371 e. The van der Waals surface area contributed by atoms with Gasteiger partial charge in [0.15, 0.2) is 0 Å². The zero-order valence-corrected chi connectivity index (χ0v) is 16.7. The average Bonchev–Trinajstić information content (AvgIpc) is 3.03. The summed E-state index contributed by atoms with van der Waals surface area (Å²) in [6, 6.07) is 16.6. The molecule has 2 aliphatic rings. The van der Waals surface area contributed by atoms with E-state index in [1.165, 1.54) is 5.56 Å². The third-order valence-electron chi connectivity index (χ3n) is 5.94. The average molecular weight is 390 g/mol. The molecule has 0 spiro atoms. The topological polar surface area (TPSA) is 69.5 Å². The highest BCUT2D eigenvalue weighted by atomic mass is 16.5. The Balaban J connectivity index is 1.30. The van der Waals surface area contributed by atoms with Crippen LogP contribution in [0.5, 0.6) is 0 Å². The van der Waals surface area contributed by atoms with Crippen LogP contribution in [0.3, 0.4) is 0 Å². The second-order valence-electron chi connectivity index (χ2n) is 7.93. The van der Waals surface area contributed by atoms with Crippen LogP contribution in [0.25, 0.3) is 0 Å². The van der Waals surface area contributed by atoms with Crippen molar-refractivity contribution in [1.29, 1.82) is 5.26 Å². The maximum atomic E-state index is 12.7. The second kappa shape index (κ2) is 8.62. The van der Waals surface area contributed by atoms with E-state index in [-0.39, 0.29) is 30.5 Å². The molecular formula is C23H26N4O2. The first-order valence-corrected chi connectivity index (χ1v) is 10.2. The second-order valence-corrected chi connectivity index (χ2v) is 7.93. The molecule has 2 bridgehead atoms. The van der Waals surface area contributed by atoms with Gasteiger partial charge in [-0.05, 0) is 30.5 Å². The molecule has 3 atom stereocenters. The Morgan fingerprint density at radius 2 is 1.93 bits per heavy atom. The minimum absolute atomic E-state index is 0.0644. The van der Waals surface area contributed by atoms with Crippen molar-refractivity contribution in [3.05, 3.63) is 59.8 Å². The number of carbonyl (C=O) groups excluding carboxylic acids is 1. The molecule has 2 aromatic rings. The Morgan fingerprint density at radius 3 is 2.55 bits per heavy atom. The quantitative estimate of drug-likeness (QED) is 0.758. The number of rotatable bonds is 6. The van der Waals surface area contributed by atoms with Crippen LogP contribution >= 0.6 is 0 Å². The van der Waals surface area contributed by atoms with Crippen LogP contribution in [-0.4, -0.2) is 54.2 Å². The Bertz CT molecular complexity index is 864. The van der Waals surface area contributed by atoms with Crippen LogP contribution < -0.4 is 4.90 Å². The van der Waals surface area contributed by atoms with Crippen LogP contribution in [0.4, 0.5) is 5.82 Å². The molecule has 3 heterocycles. The molecule has 4 rings (SSSR count). The van der Waals surface area contributed by atoms with E-state index in [4.69, 9.17) is 10.00 Å². The summed E-state index contributed by atoms with van der Waals surface area (Å²) >= 11 is 0. The van der Waals surface area contributed by atoms with Crippen molar-refractivity contribution in [2.24, 2.45) is 0 Å². The van der Waals surface area contributed by atoms with Crippen LogP contribution in [0.1, 0.15) is 36.8 Å². The Kier molecular flexibility index (Phi) is 5.77. The van der Waals surface area contributed by atoms with Gasteiger partial charge in [-0.15, -0.1) is 0 Å². The molecule has 0 N–H and O–H groups in total. The van der Waals surface area contributed by atoms with E-state index in [2.05, 4.69) is 35.0 Å². The Labute approximate surface area is 171 Å². The Hall–Kier alpha value is -2.91. The fourth-order valence-corrected chi connectivity index (χ4v) is 4.38. The predicted molar refractivity (Wildman–Crippen MR) is 110 cm³/mol. The molecule has 6 nitrogen and oxygen atoms in total. The number of hydrogen-bond acceptors (Lipinski definition) is 5. The van der Waals surface area contributed by atoms with E-state index in [1.807, 2.05) is 29.2 Å². The smallest absolute Gasteiger partial charge is 0.248 e. The zero-order chi connectivity index (χ0) is 20.2. The van der Waals surface area contributed by atoms with Gasteiger partial charge in [0, 0.05) is 37.3 Å². The van der Waals surface area contributed by atoms with E-state index < -0.39 is 0 Å². The summed E-state index contributed by atoms with van der Waals surface area (Å²) in [5, 5.41) is 8.96. The highest BCUT2D eigenvalue weighted by Gasteiger charge is 2.41. The summed E-state index contributed by atoms with van der Waals surface area (Å²) in [4.78, 5) is 21.4. The molecule has 2 saturated heterocycles. The molecule has 1 amide bonds. The number of carbonyl (C=O) groups is 1. The van der Waals surface area contributed by atoms with Gasteiger partial charge in [-0.1, -0.05) is 37.3 Å². The standard InChI is InChI=1S/C23H26N4O2/c1-17(19-5-3-2-4-6-19)15-29-16-23(28)26-13-20-8-9-21(14-26)27(20)22-10-7-18(11-24)12-25-22/h2-7,10,12,17,20-21H,8-9,13-16H2,1H3/t17-,20-,21?/m0/s1. The van der Waals surface area contributed by atoms with E-state index in [0.29, 0.717) is 25.3 Å². The van der Waals surface area contributed by atoms with Gasteiger partial charge >= 0.3 is 0 Å². The molecule has 6 heteroatoms. The number of pyridine rings is 1. The first-order valence-electron chi connectivity index (χ1n) is 10.2. The molecule has 0 saturated carbocycles. The van der Waals surface area contributed by atoms with Crippen molar-refractivity contribution in [1.82, 2.24) is 9.88 Å². The van der Waals surface area contributed by atoms with Crippen molar-refractivity contribution in [2.75, 3.05) is 31.2 Å². The highest BCUT2D eigenvalue weighted by Crippen LogP contribution is 2.33. The van der Waals surface area contributed by atoms with Crippen molar-refractivity contribution >= 4 is 11.7 Å². The maximum absolute atomic E-state index is 12.7. The molecule has 150 valence electrons. The summed E-state index contributed by atoms with van der Waals surface area (Å²) in [7, 11) is 0. The van der Waals surface area contributed by atoms with Gasteiger partial charge in [-0.25, -0.2) is 4.98 Å². The summed E-state index contributed by atoms with van der Waals surface area (Å²) in [6.45, 7) is 4.19. The lowest BCUT2D eigenvalue weighted by molar-refractivity contribution is -0.137. The predicted octanol–water partition coefficient (Wildman–Crippen LogP) is 2.95. The maximum Gasteiger partial charge on any atom is 0.248 e. The van der Waals surface area contributed by atoms with Crippen LogP contribution in [0.2, 0.25) is 0 Å². The third kappa shape index (κ3) is 4.25. The van der Waals surface area contributed by atoms with E-state index in [0.717, 1.165) is 18.7 Å². The van der Waals surface area contributed by atoms with Crippen molar-refractivity contribution in [2.45, 2.75) is 37.8 Å². The molecule has 2 fully saturated rings. The number of nitriles is 1. The van der Waals surface area contributed by atoms with Crippen molar-refractivity contribution < 1.29 is 9.53 Å². The van der Waals surface area contributed by atoms with E-state index >= 15 is 0 Å². The normalized spacial score (nSPS) is 21.7. The number of piperazine rings is 1. The molecule has 29 heavy (non-hydrogen) atoms. The lowest BCUT2D eigenvalue weighted by Gasteiger charge is -2.41. The van der Waals surface area contributed by atoms with Crippen molar-refractivity contribution in [3.8, 4) is 6.07 Å². The fourth-order valence-electron chi connectivity index (χ4n) is 4.38. The minimum atomic E-state index is 0.0644. The number of amides is 1. The van der Waals surface area contributed by atoms with Crippen LogP contribution in [-0.2, 0) is 9.53 Å². The van der Waals surface area contributed by atoms with Crippen LogP contribution in [0.15, 0.2) is 48.7 Å². The summed E-state index contributed by atoms with van der Waals surface area (Å²) in [6.07, 6.45) is 3.73.